The molecular formula is C12H14O4. The molecule has 1 saturated carbocycles. The third-order valence-corrected chi connectivity index (χ3v) is 2.69. The zero-order chi connectivity index (χ0) is 11.5. The highest BCUT2D eigenvalue weighted by Gasteiger charge is 2.38. The van der Waals surface area contributed by atoms with Crippen LogP contribution in [0.25, 0.3) is 0 Å². The van der Waals surface area contributed by atoms with Gasteiger partial charge < -0.3 is 14.9 Å². The molecule has 1 aliphatic carbocycles. The van der Waals surface area contributed by atoms with Crippen molar-refractivity contribution in [2.45, 2.75) is 25.6 Å². The summed E-state index contributed by atoms with van der Waals surface area (Å²) in [6.45, 7) is -0.146. The van der Waals surface area contributed by atoms with Crippen LogP contribution in [-0.2, 0) is 11.4 Å². The van der Waals surface area contributed by atoms with Gasteiger partial charge in [-0.2, -0.15) is 0 Å². The van der Waals surface area contributed by atoms with Crippen molar-refractivity contribution in [3.05, 3.63) is 29.8 Å². The molecule has 4 heteroatoms. The van der Waals surface area contributed by atoms with E-state index < -0.39 is 12.1 Å². The number of carboxylic acids is 1. The first-order chi connectivity index (χ1) is 7.72. The van der Waals surface area contributed by atoms with Crippen LogP contribution in [0, 0.1) is 5.92 Å². The fourth-order valence-electron chi connectivity index (χ4n) is 1.63. The summed E-state index contributed by atoms with van der Waals surface area (Å²) in [7, 11) is 0. The van der Waals surface area contributed by atoms with Gasteiger partial charge in [-0.15, -0.1) is 0 Å². The highest BCUT2D eigenvalue weighted by molar-refractivity contribution is 5.73. The molecule has 0 saturated heterocycles. The standard InChI is InChI=1S/C12H14O4/c13-7-9-3-1-2-4-10(9)16-11(12(14)15)8-5-6-8/h1-4,8,11,13H,5-7H2,(H,14,15). The maximum absolute atomic E-state index is 11.0. The molecular weight excluding hydrogens is 208 g/mol. The quantitative estimate of drug-likeness (QED) is 0.790. The van der Waals surface area contributed by atoms with Gasteiger partial charge in [0, 0.05) is 11.5 Å². The smallest absolute Gasteiger partial charge is 0.345 e. The fourth-order valence-corrected chi connectivity index (χ4v) is 1.63. The summed E-state index contributed by atoms with van der Waals surface area (Å²) < 4.78 is 5.46. The van der Waals surface area contributed by atoms with E-state index in [0.717, 1.165) is 12.8 Å². The number of carbonyl (C=O) groups is 1. The Morgan fingerprint density at radius 3 is 2.69 bits per heavy atom. The normalized spacial score (nSPS) is 16.8. The van der Waals surface area contributed by atoms with Crippen molar-refractivity contribution in [3.8, 4) is 5.75 Å². The number of aliphatic hydroxyl groups excluding tert-OH is 1. The van der Waals surface area contributed by atoms with Crippen LogP contribution in [0.3, 0.4) is 0 Å². The first-order valence-corrected chi connectivity index (χ1v) is 5.30. The van der Waals surface area contributed by atoms with Gasteiger partial charge in [0.05, 0.1) is 6.61 Å². The Bertz CT molecular complexity index is 384. The van der Waals surface area contributed by atoms with Crippen molar-refractivity contribution in [1.82, 2.24) is 0 Å². The van der Waals surface area contributed by atoms with Crippen LogP contribution < -0.4 is 4.74 Å². The second-order valence-electron chi connectivity index (χ2n) is 3.98. The van der Waals surface area contributed by atoms with E-state index in [0.29, 0.717) is 11.3 Å². The second-order valence-corrected chi connectivity index (χ2v) is 3.98. The largest absolute Gasteiger partial charge is 0.478 e. The number of aliphatic hydroxyl groups is 1. The van der Waals surface area contributed by atoms with Gasteiger partial charge in [0.15, 0.2) is 6.10 Å². The van der Waals surface area contributed by atoms with E-state index in [2.05, 4.69) is 0 Å². The van der Waals surface area contributed by atoms with Crippen LogP contribution in [0.2, 0.25) is 0 Å². The summed E-state index contributed by atoms with van der Waals surface area (Å²) in [4.78, 5) is 11.0. The Morgan fingerprint density at radius 2 is 2.12 bits per heavy atom. The molecule has 0 aromatic heterocycles. The molecule has 4 nitrogen and oxygen atoms in total. The van der Waals surface area contributed by atoms with E-state index in [-0.39, 0.29) is 12.5 Å². The van der Waals surface area contributed by atoms with E-state index in [9.17, 15) is 4.79 Å². The Kier molecular flexibility index (Phi) is 3.10. The third kappa shape index (κ3) is 2.33. The van der Waals surface area contributed by atoms with E-state index in [1.807, 2.05) is 0 Å². The van der Waals surface area contributed by atoms with Crippen LogP contribution in [0.15, 0.2) is 24.3 Å². The lowest BCUT2D eigenvalue weighted by Crippen LogP contribution is -2.29. The SMILES string of the molecule is O=C(O)C(Oc1ccccc1CO)C1CC1. The van der Waals surface area contributed by atoms with E-state index in [1.54, 1.807) is 24.3 Å². The molecule has 0 heterocycles. The Balaban J connectivity index is 2.14. The molecule has 1 fully saturated rings. The van der Waals surface area contributed by atoms with Gasteiger partial charge in [0.2, 0.25) is 0 Å². The minimum atomic E-state index is -0.935. The fraction of sp³-hybridized carbons (Fsp3) is 0.417. The van der Waals surface area contributed by atoms with Crippen molar-refractivity contribution in [1.29, 1.82) is 0 Å². The predicted molar refractivity (Wildman–Crippen MR) is 57.1 cm³/mol. The lowest BCUT2D eigenvalue weighted by molar-refractivity contribution is -0.146. The van der Waals surface area contributed by atoms with Crippen LogP contribution in [0.1, 0.15) is 18.4 Å². The molecule has 2 rings (SSSR count). The second kappa shape index (κ2) is 4.53. The first kappa shape index (κ1) is 11.0. The molecule has 0 aliphatic heterocycles. The Hall–Kier alpha value is -1.55. The number of benzene rings is 1. The van der Waals surface area contributed by atoms with Gasteiger partial charge in [-0.05, 0) is 18.9 Å². The monoisotopic (exact) mass is 222 g/mol. The third-order valence-electron chi connectivity index (χ3n) is 2.69. The first-order valence-electron chi connectivity index (χ1n) is 5.30. The summed E-state index contributed by atoms with van der Waals surface area (Å²) in [5, 5.41) is 18.1. The van der Waals surface area contributed by atoms with E-state index in [4.69, 9.17) is 14.9 Å². The van der Waals surface area contributed by atoms with E-state index in [1.165, 1.54) is 0 Å². The van der Waals surface area contributed by atoms with Gasteiger partial charge in [-0.25, -0.2) is 4.79 Å². The van der Waals surface area contributed by atoms with Crippen molar-refractivity contribution < 1.29 is 19.7 Å². The highest BCUT2D eigenvalue weighted by atomic mass is 16.5. The highest BCUT2D eigenvalue weighted by Crippen LogP contribution is 2.35. The molecule has 2 N–H and O–H groups in total. The zero-order valence-corrected chi connectivity index (χ0v) is 8.80. The van der Waals surface area contributed by atoms with Gasteiger partial charge >= 0.3 is 5.97 Å². The zero-order valence-electron chi connectivity index (χ0n) is 8.80. The Morgan fingerprint density at radius 1 is 1.44 bits per heavy atom. The van der Waals surface area contributed by atoms with Crippen LogP contribution in [0.5, 0.6) is 5.75 Å². The number of hydrogen-bond donors (Lipinski definition) is 2. The predicted octanol–water partition coefficient (Wildman–Crippen LogP) is 1.42. The molecule has 1 aromatic carbocycles. The molecule has 1 aliphatic rings. The maximum atomic E-state index is 11.0. The van der Waals surface area contributed by atoms with Crippen LogP contribution >= 0.6 is 0 Å². The molecule has 0 spiro atoms. The number of hydrogen-bond acceptors (Lipinski definition) is 3. The minimum Gasteiger partial charge on any atom is -0.478 e. The molecule has 0 amide bonds. The van der Waals surface area contributed by atoms with Crippen molar-refractivity contribution >= 4 is 5.97 Å². The minimum absolute atomic E-state index is 0.115. The Labute approximate surface area is 93.5 Å². The molecule has 1 atom stereocenters. The number of aliphatic carboxylic acids is 1. The molecule has 0 radical (unpaired) electrons. The van der Waals surface area contributed by atoms with Crippen molar-refractivity contribution in [2.75, 3.05) is 0 Å². The van der Waals surface area contributed by atoms with E-state index >= 15 is 0 Å². The van der Waals surface area contributed by atoms with Crippen LogP contribution in [-0.4, -0.2) is 22.3 Å². The number of ether oxygens (including phenoxy) is 1. The van der Waals surface area contributed by atoms with Gasteiger partial charge in [-0.3, -0.25) is 0 Å². The number of rotatable bonds is 5. The summed E-state index contributed by atoms with van der Waals surface area (Å²) in [5.74, 6) is -0.358. The van der Waals surface area contributed by atoms with Crippen molar-refractivity contribution in [2.24, 2.45) is 5.92 Å². The topological polar surface area (TPSA) is 66.8 Å². The summed E-state index contributed by atoms with van der Waals surface area (Å²) >= 11 is 0. The van der Waals surface area contributed by atoms with Gasteiger partial charge in [0.25, 0.3) is 0 Å². The lowest BCUT2D eigenvalue weighted by atomic mass is 10.2. The maximum Gasteiger partial charge on any atom is 0.345 e. The average Bonchev–Trinajstić information content (AvgIpc) is 3.10. The summed E-state index contributed by atoms with van der Waals surface area (Å²) in [5.41, 5.74) is 0.620. The summed E-state index contributed by atoms with van der Waals surface area (Å²) in [6, 6.07) is 6.95. The summed E-state index contributed by atoms with van der Waals surface area (Å²) in [6.07, 6.45) is 1.02. The van der Waals surface area contributed by atoms with Gasteiger partial charge in [-0.1, -0.05) is 18.2 Å². The van der Waals surface area contributed by atoms with Crippen LogP contribution in [0.4, 0.5) is 0 Å². The molecule has 86 valence electrons. The number of carboxylic acid groups (broad SMARTS) is 1. The molecule has 1 unspecified atom stereocenters. The molecule has 0 bridgehead atoms. The number of para-hydroxylation sites is 1. The van der Waals surface area contributed by atoms with Gasteiger partial charge in [0.1, 0.15) is 5.75 Å². The lowest BCUT2D eigenvalue weighted by Gasteiger charge is -2.16. The average molecular weight is 222 g/mol. The molecule has 16 heavy (non-hydrogen) atoms. The molecule has 1 aromatic rings. The van der Waals surface area contributed by atoms with Crippen molar-refractivity contribution in [3.63, 3.8) is 0 Å².